The molecule has 1 unspecified atom stereocenters. The Labute approximate surface area is 148 Å². The number of likely N-dealkylation sites (N-methyl/N-ethyl adjacent to an activating group) is 1. The van der Waals surface area contributed by atoms with Crippen molar-refractivity contribution in [2.24, 2.45) is 0 Å². The highest BCUT2D eigenvalue weighted by molar-refractivity contribution is 5.95. The van der Waals surface area contributed by atoms with Crippen molar-refractivity contribution in [2.45, 2.75) is 44.2 Å². The summed E-state index contributed by atoms with van der Waals surface area (Å²) in [6.07, 6.45) is 5.97. The van der Waals surface area contributed by atoms with Crippen LogP contribution in [0.4, 0.5) is 10.1 Å². The number of carbonyl (C=O) groups is 1. The van der Waals surface area contributed by atoms with Gasteiger partial charge in [0.1, 0.15) is 11.9 Å². The minimum atomic E-state index is -0.352. The van der Waals surface area contributed by atoms with Crippen LogP contribution >= 0.6 is 0 Å². The van der Waals surface area contributed by atoms with Gasteiger partial charge in [-0.05, 0) is 49.7 Å². The molecule has 1 aliphatic rings. The van der Waals surface area contributed by atoms with Gasteiger partial charge in [0.15, 0.2) is 0 Å². The Morgan fingerprint density at radius 3 is 2.32 bits per heavy atom. The molecule has 2 aromatic carbocycles. The number of benzene rings is 2. The smallest absolute Gasteiger partial charge is 0.246 e. The van der Waals surface area contributed by atoms with Crippen molar-refractivity contribution >= 4 is 11.6 Å². The lowest BCUT2D eigenvalue weighted by Crippen LogP contribution is -2.42. The summed E-state index contributed by atoms with van der Waals surface area (Å²) in [5.41, 5.74) is 1.60. The predicted octanol–water partition coefficient (Wildman–Crippen LogP) is 4.77. The number of halogens is 1. The van der Waals surface area contributed by atoms with Gasteiger partial charge in [-0.1, -0.05) is 49.6 Å². The van der Waals surface area contributed by atoms with Gasteiger partial charge in [0, 0.05) is 11.7 Å². The van der Waals surface area contributed by atoms with Crippen LogP contribution in [0.3, 0.4) is 0 Å². The van der Waals surface area contributed by atoms with Crippen LogP contribution in [0.15, 0.2) is 54.6 Å². The fourth-order valence-corrected chi connectivity index (χ4v) is 3.65. The molecule has 3 rings (SSSR count). The van der Waals surface area contributed by atoms with E-state index in [2.05, 4.69) is 10.2 Å². The molecule has 1 amide bonds. The molecule has 0 radical (unpaired) electrons. The molecule has 0 saturated heterocycles. The van der Waals surface area contributed by atoms with Crippen LogP contribution in [-0.4, -0.2) is 23.9 Å². The third kappa shape index (κ3) is 4.45. The number of hydrogen-bond acceptors (Lipinski definition) is 2. The van der Waals surface area contributed by atoms with E-state index in [0.717, 1.165) is 18.4 Å². The molecule has 0 aliphatic heterocycles. The Balaban J connectivity index is 1.82. The Hall–Kier alpha value is -2.20. The summed E-state index contributed by atoms with van der Waals surface area (Å²) in [5.74, 6) is -0.386. The highest BCUT2D eigenvalue weighted by atomic mass is 19.1. The SMILES string of the molecule is CN(C1CCCCC1)C(C(=O)Nc1ccc(F)cc1)c1ccccc1. The van der Waals surface area contributed by atoms with Crippen molar-refractivity contribution in [1.82, 2.24) is 4.90 Å². The summed E-state index contributed by atoms with van der Waals surface area (Å²) < 4.78 is 13.1. The van der Waals surface area contributed by atoms with Crippen molar-refractivity contribution in [1.29, 1.82) is 0 Å². The van der Waals surface area contributed by atoms with E-state index in [-0.39, 0.29) is 17.8 Å². The van der Waals surface area contributed by atoms with Gasteiger partial charge in [-0.15, -0.1) is 0 Å². The molecule has 1 fully saturated rings. The summed E-state index contributed by atoms with van der Waals surface area (Å²) in [7, 11) is 2.04. The number of nitrogens with zero attached hydrogens (tertiary/aromatic N) is 1. The van der Waals surface area contributed by atoms with E-state index in [0.29, 0.717) is 11.7 Å². The maximum atomic E-state index is 13.1. The fourth-order valence-electron chi connectivity index (χ4n) is 3.65. The zero-order valence-electron chi connectivity index (χ0n) is 14.6. The first-order valence-corrected chi connectivity index (χ1v) is 8.98. The van der Waals surface area contributed by atoms with E-state index < -0.39 is 0 Å². The van der Waals surface area contributed by atoms with E-state index in [1.54, 1.807) is 12.1 Å². The maximum absolute atomic E-state index is 13.1. The van der Waals surface area contributed by atoms with Crippen LogP contribution < -0.4 is 5.32 Å². The molecule has 2 aromatic rings. The second kappa shape index (κ2) is 8.26. The average Bonchev–Trinajstić information content (AvgIpc) is 2.65. The standard InChI is InChI=1S/C21H25FN2O/c1-24(19-10-6-3-7-11-19)20(16-8-4-2-5-9-16)21(25)23-18-14-12-17(22)13-15-18/h2,4-5,8-9,12-15,19-20H,3,6-7,10-11H2,1H3,(H,23,25). The summed E-state index contributed by atoms with van der Waals surface area (Å²) in [5, 5.41) is 2.94. The quantitative estimate of drug-likeness (QED) is 0.850. The van der Waals surface area contributed by atoms with Gasteiger partial charge in [-0.25, -0.2) is 4.39 Å². The van der Waals surface area contributed by atoms with Crippen LogP contribution in [0.25, 0.3) is 0 Å². The normalized spacial score (nSPS) is 16.6. The zero-order valence-corrected chi connectivity index (χ0v) is 14.6. The van der Waals surface area contributed by atoms with E-state index in [1.807, 2.05) is 37.4 Å². The van der Waals surface area contributed by atoms with Crippen LogP contribution in [0.2, 0.25) is 0 Å². The second-order valence-electron chi connectivity index (χ2n) is 6.77. The molecule has 1 N–H and O–H groups in total. The Bertz CT molecular complexity index is 681. The van der Waals surface area contributed by atoms with E-state index in [4.69, 9.17) is 0 Å². The Kier molecular flexibility index (Phi) is 5.82. The van der Waals surface area contributed by atoms with E-state index in [9.17, 15) is 9.18 Å². The van der Waals surface area contributed by atoms with Gasteiger partial charge < -0.3 is 5.32 Å². The molecule has 0 aromatic heterocycles. The molecular weight excluding hydrogens is 315 g/mol. The number of hydrogen-bond donors (Lipinski definition) is 1. The topological polar surface area (TPSA) is 32.3 Å². The second-order valence-corrected chi connectivity index (χ2v) is 6.77. The van der Waals surface area contributed by atoms with Crippen LogP contribution in [0, 0.1) is 5.82 Å². The molecule has 25 heavy (non-hydrogen) atoms. The lowest BCUT2D eigenvalue weighted by Gasteiger charge is -2.36. The number of rotatable bonds is 5. The van der Waals surface area contributed by atoms with Crippen molar-refractivity contribution in [2.75, 3.05) is 12.4 Å². The molecule has 1 saturated carbocycles. The molecule has 1 aliphatic carbocycles. The molecule has 0 spiro atoms. The lowest BCUT2D eigenvalue weighted by molar-refractivity contribution is -0.122. The molecule has 0 bridgehead atoms. The minimum Gasteiger partial charge on any atom is -0.324 e. The Morgan fingerprint density at radius 1 is 1.04 bits per heavy atom. The van der Waals surface area contributed by atoms with E-state index in [1.165, 1.54) is 31.4 Å². The van der Waals surface area contributed by atoms with Crippen molar-refractivity contribution < 1.29 is 9.18 Å². The maximum Gasteiger partial charge on any atom is 0.246 e. The largest absolute Gasteiger partial charge is 0.324 e. The molecular formula is C21H25FN2O. The average molecular weight is 340 g/mol. The highest BCUT2D eigenvalue weighted by Gasteiger charge is 2.30. The summed E-state index contributed by atoms with van der Waals surface area (Å²) >= 11 is 0. The molecule has 132 valence electrons. The fraction of sp³-hybridized carbons (Fsp3) is 0.381. The van der Waals surface area contributed by atoms with E-state index >= 15 is 0 Å². The molecule has 1 atom stereocenters. The van der Waals surface area contributed by atoms with Gasteiger partial charge in [0.2, 0.25) is 5.91 Å². The summed E-state index contributed by atoms with van der Waals surface area (Å²) in [6.45, 7) is 0. The lowest BCUT2D eigenvalue weighted by atomic mass is 9.92. The monoisotopic (exact) mass is 340 g/mol. The van der Waals surface area contributed by atoms with Gasteiger partial charge >= 0.3 is 0 Å². The van der Waals surface area contributed by atoms with Gasteiger partial charge in [-0.3, -0.25) is 9.69 Å². The number of nitrogens with one attached hydrogen (secondary N) is 1. The first-order valence-electron chi connectivity index (χ1n) is 8.98. The first kappa shape index (κ1) is 17.6. The summed E-state index contributed by atoms with van der Waals surface area (Å²) in [4.78, 5) is 15.2. The number of amides is 1. The first-order chi connectivity index (χ1) is 12.1. The highest BCUT2D eigenvalue weighted by Crippen LogP contribution is 2.30. The van der Waals surface area contributed by atoms with Crippen LogP contribution in [-0.2, 0) is 4.79 Å². The zero-order chi connectivity index (χ0) is 17.6. The van der Waals surface area contributed by atoms with Crippen molar-refractivity contribution in [3.63, 3.8) is 0 Å². The van der Waals surface area contributed by atoms with Crippen molar-refractivity contribution in [3.05, 3.63) is 66.0 Å². The third-order valence-electron chi connectivity index (χ3n) is 5.03. The number of carbonyl (C=O) groups excluding carboxylic acids is 1. The van der Waals surface area contributed by atoms with Crippen LogP contribution in [0.5, 0.6) is 0 Å². The minimum absolute atomic E-state index is 0.0779. The molecule has 0 heterocycles. The Morgan fingerprint density at radius 2 is 1.68 bits per heavy atom. The predicted molar refractivity (Wildman–Crippen MR) is 98.8 cm³/mol. The van der Waals surface area contributed by atoms with Crippen LogP contribution in [0.1, 0.15) is 43.7 Å². The molecule has 4 heteroatoms. The third-order valence-corrected chi connectivity index (χ3v) is 5.03. The van der Waals surface area contributed by atoms with Crippen molar-refractivity contribution in [3.8, 4) is 0 Å². The van der Waals surface area contributed by atoms with Gasteiger partial charge in [0.25, 0.3) is 0 Å². The molecule has 3 nitrogen and oxygen atoms in total. The number of anilines is 1. The summed E-state index contributed by atoms with van der Waals surface area (Å²) in [6, 6.07) is 15.8. The van der Waals surface area contributed by atoms with Gasteiger partial charge in [0.05, 0.1) is 0 Å². The van der Waals surface area contributed by atoms with Gasteiger partial charge in [-0.2, -0.15) is 0 Å².